The van der Waals surface area contributed by atoms with Crippen LogP contribution in [0.5, 0.6) is 0 Å². The van der Waals surface area contributed by atoms with E-state index >= 15 is 0 Å². The Balaban J connectivity index is 2.06. The zero-order chi connectivity index (χ0) is 18.4. The lowest BCUT2D eigenvalue weighted by Gasteiger charge is -2.38. The minimum Gasteiger partial charge on any atom is -0.379 e. The molecule has 2 rings (SSSR count). The smallest absolute Gasteiger partial charge is 0.264 e. The summed E-state index contributed by atoms with van der Waals surface area (Å²) in [6.45, 7) is 7.26. The second-order valence-electron chi connectivity index (χ2n) is 7.20. The number of likely N-dealkylation sites (tertiary alicyclic amines) is 1. The average Bonchev–Trinajstić information content (AvgIpc) is 2.59. The molecule has 2 atom stereocenters. The molecule has 0 spiro atoms. The molecule has 1 aliphatic rings. The van der Waals surface area contributed by atoms with E-state index in [1.54, 1.807) is 18.1 Å². The highest BCUT2D eigenvalue weighted by atomic mass is 16.5. The van der Waals surface area contributed by atoms with Crippen molar-refractivity contribution < 1.29 is 9.53 Å². The van der Waals surface area contributed by atoms with Gasteiger partial charge in [0.25, 0.3) is 5.91 Å². The Morgan fingerprint density at radius 2 is 2.24 bits per heavy atom. The van der Waals surface area contributed by atoms with Crippen LogP contribution in [0, 0.1) is 30.1 Å². The molecule has 1 amide bonds. The van der Waals surface area contributed by atoms with Gasteiger partial charge in [0, 0.05) is 20.2 Å². The number of allylic oxidation sites excluding steroid dienone is 1. The van der Waals surface area contributed by atoms with Crippen LogP contribution in [0.25, 0.3) is 0 Å². The van der Waals surface area contributed by atoms with Crippen molar-refractivity contribution >= 4 is 5.91 Å². The van der Waals surface area contributed by atoms with Crippen LogP contribution >= 0.6 is 0 Å². The molecule has 134 valence electrons. The normalized spacial score (nSPS) is 21.3. The van der Waals surface area contributed by atoms with E-state index in [2.05, 4.69) is 31.2 Å². The molecule has 0 radical (unpaired) electrons. The number of benzene rings is 1. The van der Waals surface area contributed by atoms with Gasteiger partial charge in [-0.2, -0.15) is 5.26 Å². The van der Waals surface area contributed by atoms with Gasteiger partial charge in [-0.25, -0.2) is 0 Å². The summed E-state index contributed by atoms with van der Waals surface area (Å²) in [5.41, 5.74) is 2.81. The molecule has 0 bridgehead atoms. The van der Waals surface area contributed by atoms with Crippen LogP contribution in [0.15, 0.2) is 35.9 Å². The van der Waals surface area contributed by atoms with Gasteiger partial charge >= 0.3 is 0 Å². The van der Waals surface area contributed by atoms with Crippen molar-refractivity contribution in [3.8, 4) is 6.07 Å². The standard InChI is InChI=1S/C21H28N2O2/c1-15(2)10-19(13-22)21(24)23-9-8-18(20(14-23)25-4)12-17-7-5-6-16(3)11-17/h5-7,10-11,15,18,20H,8-9,12,14H2,1-4H3/b19-10+/t18-,20+/m1/s1. The first-order chi connectivity index (χ1) is 11.9. The minimum atomic E-state index is -0.174. The third kappa shape index (κ3) is 5.17. The SMILES string of the molecule is CO[C@H]1CN(C(=O)/C(C#N)=C/C(C)C)CC[C@@H]1Cc1cccc(C)c1. The number of ether oxygens (including phenoxy) is 1. The van der Waals surface area contributed by atoms with E-state index in [0.717, 1.165) is 12.8 Å². The predicted molar refractivity (Wildman–Crippen MR) is 98.9 cm³/mol. The highest BCUT2D eigenvalue weighted by molar-refractivity contribution is 5.97. The molecule has 25 heavy (non-hydrogen) atoms. The molecule has 1 fully saturated rings. The topological polar surface area (TPSA) is 53.3 Å². The Morgan fingerprint density at radius 1 is 1.48 bits per heavy atom. The summed E-state index contributed by atoms with van der Waals surface area (Å²) in [5.74, 6) is 0.387. The first kappa shape index (κ1) is 19.2. The number of carbonyl (C=O) groups excluding carboxylic acids is 1. The number of hydrogen-bond donors (Lipinski definition) is 0. The van der Waals surface area contributed by atoms with Gasteiger partial charge in [0.15, 0.2) is 0 Å². The number of piperidine rings is 1. The van der Waals surface area contributed by atoms with E-state index in [1.165, 1.54) is 11.1 Å². The van der Waals surface area contributed by atoms with Crippen LogP contribution in [-0.2, 0) is 16.0 Å². The number of nitriles is 1. The molecule has 1 heterocycles. The summed E-state index contributed by atoms with van der Waals surface area (Å²) in [5, 5.41) is 9.27. The van der Waals surface area contributed by atoms with Crippen molar-refractivity contribution in [1.29, 1.82) is 5.26 Å². The first-order valence-corrected chi connectivity index (χ1v) is 8.94. The lowest BCUT2D eigenvalue weighted by Crippen LogP contribution is -2.48. The molecule has 0 saturated carbocycles. The quantitative estimate of drug-likeness (QED) is 0.609. The van der Waals surface area contributed by atoms with E-state index < -0.39 is 0 Å². The molecule has 1 aromatic rings. The number of rotatable bonds is 5. The second kappa shape index (κ2) is 8.82. The summed E-state index contributed by atoms with van der Waals surface area (Å²) in [4.78, 5) is 14.4. The molecule has 0 unspecified atom stereocenters. The predicted octanol–water partition coefficient (Wildman–Crippen LogP) is 3.51. The number of nitrogens with zero attached hydrogens (tertiary/aromatic N) is 2. The fourth-order valence-electron chi connectivity index (χ4n) is 3.45. The summed E-state index contributed by atoms with van der Waals surface area (Å²) < 4.78 is 5.68. The van der Waals surface area contributed by atoms with Crippen LogP contribution in [0.1, 0.15) is 31.4 Å². The molecular weight excluding hydrogens is 312 g/mol. The molecule has 1 aromatic carbocycles. The zero-order valence-electron chi connectivity index (χ0n) is 15.7. The molecular formula is C21H28N2O2. The largest absolute Gasteiger partial charge is 0.379 e. The van der Waals surface area contributed by atoms with Crippen LogP contribution in [0.3, 0.4) is 0 Å². The van der Waals surface area contributed by atoms with E-state index in [9.17, 15) is 10.1 Å². The maximum atomic E-state index is 12.6. The third-order valence-corrected chi connectivity index (χ3v) is 4.72. The number of carbonyl (C=O) groups is 1. The van der Waals surface area contributed by atoms with Crippen molar-refractivity contribution in [2.45, 2.75) is 39.7 Å². The first-order valence-electron chi connectivity index (χ1n) is 8.94. The van der Waals surface area contributed by atoms with Crippen LogP contribution in [0.2, 0.25) is 0 Å². The Kier molecular flexibility index (Phi) is 6.78. The van der Waals surface area contributed by atoms with E-state index in [-0.39, 0.29) is 23.5 Å². The van der Waals surface area contributed by atoms with Gasteiger partial charge in [0.05, 0.1) is 6.10 Å². The molecule has 1 aliphatic heterocycles. The monoisotopic (exact) mass is 340 g/mol. The van der Waals surface area contributed by atoms with Crippen molar-refractivity contribution in [3.05, 3.63) is 47.0 Å². The average molecular weight is 340 g/mol. The fourth-order valence-corrected chi connectivity index (χ4v) is 3.45. The van der Waals surface area contributed by atoms with Gasteiger partial charge in [-0.05, 0) is 37.2 Å². The lowest BCUT2D eigenvalue weighted by molar-refractivity contribution is -0.132. The zero-order valence-corrected chi connectivity index (χ0v) is 15.7. The van der Waals surface area contributed by atoms with Gasteiger partial charge < -0.3 is 9.64 Å². The maximum Gasteiger partial charge on any atom is 0.264 e. The van der Waals surface area contributed by atoms with Gasteiger partial charge in [-0.1, -0.05) is 49.8 Å². The fraction of sp³-hybridized carbons (Fsp3) is 0.524. The highest BCUT2D eigenvalue weighted by Gasteiger charge is 2.32. The third-order valence-electron chi connectivity index (χ3n) is 4.72. The van der Waals surface area contributed by atoms with Crippen molar-refractivity contribution in [3.63, 3.8) is 0 Å². The molecule has 4 nitrogen and oxygen atoms in total. The number of aryl methyl sites for hydroxylation is 1. The maximum absolute atomic E-state index is 12.6. The summed E-state index contributed by atoms with van der Waals surface area (Å²) in [7, 11) is 1.71. The molecule has 4 heteroatoms. The van der Waals surface area contributed by atoms with Crippen LogP contribution in [0.4, 0.5) is 0 Å². The second-order valence-corrected chi connectivity index (χ2v) is 7.20. The Labute approximate surface area is 151 Å². The highest BCUT2D eigenvalue weighted by Crippen LogP contribution is 2.25. The number of hydrogen-bond acceptors (Lipinski definition) is 3. The Bertz CT molecular complexity index is 673. The lowest BCUT2D eigenvalue weighted by atomic mass is 9.87. The van der Waals surface area contributed by atoms with Crippen LogP contribution < -0.4 is 0 Å². The van der Waals surface area contributed by atoms with Crippen molar-refractivity contribution in [2.75, 3.05) is 20.2 Å². The molecule has 0 aliphatic carbocycles. The van der Waals surface area contributed by atoms with Gasteiger partial charge in [0.1, 0.15) is 11.6 Å². The van der Waals surface area contributed by atoms with E-state index in [4.69, 9.17) is 4.74 Å². The molecule has 1 saturated heterocycles. The molecule has 0 N–H and O–H groups in total. The van der Waals surface area contributed by atoms with Crippen LogP contribution in [-0.4, -0.2) is 37.1 Å². The van der Waals surface area contributed by atoms with Crippen molar-refractivity contribution in [1.82, 2.24) is 4.90 Å². The van der Waals surface area contributed by atoms with E-state index in [0.29, 0.717) is 19.0 Å². The molecule has 0 aromatic heterocycles. The summed E-state index contributed by atoms with van der Waals surface area (Å²) in [6.07, 6.45) is 3.58. The number of amides is 1. The van der Waals surface area contributed by atoms with Crippen molar-refractivity contribution in [2.24, 2.45) is 11.8 Å². The summed E-state index contributed by atoms with van der Waals surface area (Å²) >= 11 is 0. The summed E-state index contributed by atoms with van der Waals surface area (Å²) in [6, 6.07) is 10.6. The van der Waals surface area contributed by atoms with Gasteiger partial charge in [-0.15, -0.1) is 0 Å². The van der Waals surface area contributed by atoms with Gasteiger partial charge in [0.2, 0.25) is 0 Å². The van der Waals surface area contributed by atoms with E-state index in [1.807, 2.05) is 19.9 Å². The van der Waals surface area contributed by atoms with Gasteiger partial charge in [-0.3, -0.25) is 4.79 Å². The minimum absolute atomic E-state index is 0.00259. The Morgan fingerprint density at radius 3 is 2.84 bits per heavy atom. The Hall–Kier alpha value is -2.12. The number of methoxy groups -OCH3 is 1.